The van der Waals surface area contributed by atoms with Crippen molar-refractivity contribution >= 4 is 17.2 Å². The first kappa shape index (κ1) is 13.1. The van der Waals surface area contributed by atoms with Crippen molar-refractivity contribution in [2.24, 2.45) is 0 Å². The summed E-state index contributed by atoms with van der Waals surface area (Å²) in [6.45, 7) is 7.25. The highest BCUT2D eigenvalue weighted by molar-refractivity contribution is 5.99. The lowest BCUT2D eigenvalue weighted by Gasteiger charge is -2.36. The molecule has 2 atom stereocenters. The lowest BCUT2D eigenvalue weighted by atomic mass is 10.2. The van der Waals surface area contributed by atoms with Gasteiger partial charge in [0.25, 0.3) is 0 Å². The van der Waals surface area contributed by atoms with Crippen LogP contribution in [0.5, 0.6) is 0 Å². The third-order valence-electron chi connectivity index (χ3n) is 3.48. The molecule has 0 amide bonds. The van der Waals surface area contributed by atoms with E-state index in [9.17, 15) is 4.79 Å². The highest BCUT2D eigenvalue weighted by atomic mass is 16.5. The SMILES string of the molecule is CC(=O)c1cnn2ccc(N3C[C@@H](C)O[C@H](C)C3)nc12. The number of aromatic nitrogens is 3. The smallest absolute Gasteiger partial charge is 0.168 e. The number of carbonyl (C=O) groups is 1. The van der Waals surface area contributed by atoms with Crippen LogP contribution < -0.4 is 4.90 Å². The second kappa shape index (κ2) is 4.86. The number of hydrogen-bond acceptors (Lipinski definition) is 5. The molecule has 0 aliphatic carbocycles. The maximum atomic E-state index is 11.6. The average Bonchev–Trinajstić information content (AvgIpc) is 2.80. The van der Waals surface area contributed by atoms with E-state index in [1.807, 2.05) is 12.3 Å². The van der Waals surface area contributed by atoms with E-state index in [4.69, 9.17) is 4.74 Å². The zero-order valence-electron chi connectivity index (χ0n) is 11.9. The number of ether oxygens (including phenoxy) is 1. The van der Waals surface area contributed by atoms with E-state index in [2.05, 4.69) is 28.8 Å². The first-order chi connectivity index (χ1) is 9.54. The third kappa shape index (κ3) is 2.27. The van der Waals surface area contributed by atoms with Crippen molar-refractivity contribution in [3.05, 3.63) is 24.0 Å². The van der Waals surface area contributed by atoms with Crippen LogP contribution in [0.25, 0.3) is 5.65 Å². The molecule has 6 nitrogen and oxygen atoms in total. The summed E-state index contributed by atoms with van der Waals surface area (Å²) < 4.78 is 7.36. The maximum Gasteiger partial charge on any atom is 0.168 e. The lowest BCUT2D eigenvalue weighted by molar-refractivity contribution is -0.00545. The summed E-state index contributed by atoms with van der Waals surface area (Å²) in [6.07, 6.45) is 3.76. The largest absolute Gasteiger partial charge is 0.372 e. The van der Waals surface area contributed by atoms with Gasteiger partial charge in [-0.25, -0.2) is 9.50 Å². The molecule has 1 aliphatic heterocycles. The molecule has 20 heavy (non-hydrogen) atoms. The van der Waals surface area contributed by atoms with Gasteiger partial charge in [-0.1, -0.05) is 0 Å². The molecule has 3 heterocycles. The van der Waals surface area contributed by atoms with E-state index in [1.54, 1.807) is 10.7 Å². The predicted molar refractivity (Wildman–Crippen MR) is 75.2 cm³/mol. The fourth-order valence-corrected chi connectivity index (χ4v) is 2.65. The van der Waals surface area contributed by atoms with Gasteiger partial charge in [-0.05, 0) is 26.8 Å². The van der Waals surface area contributed by atoms with Crippen molar-refractivity contribution < 1.29 is 9.53 Å². The third-order valence-corrected chi connectivity index (χ3v) is 3.48. The number of rotatable bonds is 2. The van der Waals surface area contributed by atoms with E-state index in [1.165, 1.54) is 6.92 Å². The van der Waals surface area contributed by atoms with Crippen LogP contribution >= 0.6 is 0 Å². The Morgan fingerprint density at radius 2 is 2.05 bits per heavy atom. The van der Waals surface area contributed by atoms with Crippen molar-refractivity contribution in [3.63, 3.8) is 0 Å². The number of ketones is 1. The van der Waals surface area contributed by atoms with Gasteiger partial charge in [0.05, 0.1) is 24.0 Å². The number of hydrogen-bond donors (Lipinski definition) is 0. The Balaban J connectivity index is 1.99. The van der Waals surface area contributed by atoms with E-state index >= 15 is 0 Å². The minimum atomic E-state index is -0.0200. The standard InChI is InChI=1S/C14H18N4O2/c1-9-7-17(8-10(2)20-9)13-4-5-18-14(16-13)12(6-15-18)11(3)19/h4-6,9-10H,7-8H2,1-3H3/t9-,10-/m1/s1. The fourth-order valence-electron chi connectivity index (χ4n) is 2.65. The molecule has 2 aromatic rings. The summed E-state index contributed by atoms with van der Waals surface area (Å²) in [4.78, 5) is 18.4. The van der Waals surface area contributed by atoms with Gasteiger partial charge in [-0.15, -0.1) is 0 Å². The van der Waals surface area contributed by atoms with Gasteiger partial charge in [0, 0.05) is 19.3 Å². The summed E-state index contributed by atoms with van der Waals surface area (Å²) in [5.74, 6) is 0.843. The van der Waals surface area contributed by atoms with E-state index in [0.29, 0.717) is 11.2 Å². The molecular weight excluding hydrogens is 256 g/mol. The number of Topliss-reactive ketones (excluding diaryl/α,β-unsaturated/α-hetero) is 1. The Labute approximate surface area is 117 Å². The van der Waals surface area contributed by atoms with E-state index < -0.39 is 0 Å². The first-order valence-corrected chi connectivity index (χ1v) is 6.80. The Hall–Kier alpha value is -1.95. The topological polar surface area (TPSA) is 59.7 Å². The van der Waals surface area contributed by atoms with Crippen molar-refractivity contribution in [3.8, 4) is 0 Å². The lowest BCUT2D eigenvalue weighted by Crippen LogP contribution is -2.45. The van der Waals surface area contributed by atoms with Gasteiger partial charge in [-0.2, -0.15) is 5.10 Å². The summed E-state index contributed by atoms with van der Waals surface area (Å²) in [5.41, 5.74) is 1.17. The molecular formula is C14H18N4O2. The van der Waals surface area contributed by atoms with Gasteiger partial charge in [-0.3, -0.25) is 4.79 Å². The van der Waals surface area contributed by atoms with Crippen LogP contribution in [0, 0.1) is 0 Å². The quantitative estimate of drug-likeness (QED) is 0.778. The molecule has 106 valence electrons. The van der Waals surface area contributed by atoms with E-state index in [0.717, 1.165) is 18.9 Å². The molecule has 1 aliphatic rings. The van der Waals surface area contributed by atoms with Gasteiger partial charge >= 0.3 is 0 Å². The molecule has 0 radical (unpaired) electrons. The van der Waals surface area contributed by atoms with Crippen LogP contribution in [0.3, 0.4) is 0 Å². The zero-order valence-corrected chi connectivity index (χ0v) is 11.9. The van der Waals surface area contributed by atoms with Gasteiger partial charge in [0.15, 0.2) is 11.4 Å². The molecule has 0 N–H and O–H groups in total. The Kier molecular flexibility index (Phi) is 3.17. The highest BCUT2D eigenvalue weighted by Gasteiger charge is 2.23. The summed E-state index contributed by atoms with van der Waals surface area (Å²) >= 11 is 0. The number of morpholine rings is 1. The van der Waals surface area contributed by atoms with Crippen LogP contribution in [0.15, 0.2) is 18.5 Å². The number of carbonyl (C=O) groups excluding carboxylic acids is 1. The van der Waals surface area contributed by atoms with Crippen LogP contribution in [0.1, 0.15) is 31.1 Å². The molecule has 0 aromatic carbocycles. The molecule has 0 spiro atoms. The normalized spacial score (nSPS) is 23.2. The highest BCUT2D eigenvalue weighted by Crippen LogP contribution is 2.20. The number of anilines is 1. The van der Waals surface area contributed by atoms with Crippen LogP contribution in [0.2, 0.25) is 0 Å². The summed E-state index contributed by atoms with van der Waals surface area (Å²) in [7, 11) is 0. The zero-order chi connectivity index (χ0) is 14.3. The molecule has 6 heteroatoms. The molecule has 0 unspecified atom stereocenters. The van der Waals surface area contributed by atoms with Gasteiger partial charge < -0.3 is 9.64 Å². The predicted octanol–water partition coefficient (Wildman–Crippen LogP) is 1.55. The molecule has 3 rings (SSSR count). The summed E-state index contributed by atoms with van der Waals surface area (Å²) in [5, 5.41) is 4.15. The van der Waals surface area contributed by atoms with Crippen molar-refractivity contribution in [2.75, 3.05) is 18.0 Å². The molecule has 1 fully saturated rings. The van der Waals surface area contributed by atoms with Gasteiger partial charge in [0.1, 0.15) is 5.82 Å². The Bertz CT molecular complexity index is 642. The van der Waals surface area contributed by atoms with Crippen molar-refractivity contribution in [2.45, 2.75) is 33.0 Å². The average molecular weight is 274 g/mol. The van der Waals surface area contributed by atoms with Crippen molar-refractivity contribution in [1.82, 2.24) is 14.6 Å². The molecule has 2 aromatic heterocycles. The fraction of sp³-hybridized carbons (Fsp3) is 0.500. The maximum absolute atomic E-state index is 11.6. The summed E-state index contributed by atoms with van der Waals surface area (Å²) in [6, 6.07) is 1.93. The number of nitrogens with zero attached hydrogens (tertiary/aromatic N) is 4. The number of fused-ring (bicyclic) bond motifs is 1. The monoisotopic (exact) mass is 274 g/mol. The second-order valence-corrected chi connectivity index (χ2v) is 5.33. The van der Waals surface area contributed by atoms with E-state index in [-0.39, 0.29) is 18.0 Å². The van der Waals surface area contributed by atoms with Crippen molar-refractivity contribution in [1.29, 1.82) is 0 Å². The molecule has 0 bridgehead atoms. The molecule has 1 saturated heterocycles. The Morgan fingerprint density at radius 3 is 2.70 bits per heavy atom. The second-order valence-electron chi connectivity index (χ2n) is 5.33. The van der Waals surface area contributed by atoms with Gasteiger partial charge in [0.2, 0.25) is 0 Å². The molecule has 0 saturated carbocycles. The first-order valence-electron chi connectivity index (χ1n) is 6.80. The minimum absolute atomic E-state index is 0.0200. The Morgan fingerprint density at radius 1 is 1.35 bits per heavy atom. The van der Waals surface area contributed by atoms with Crippen LogP contribution in [0.4, 0.5) is 5.82 Å². The minimum Gasteiger partial charge on any atom is -0.372 e. The van der Waals surface area contributed by atoms with Crippen LogP contribution in [-0.4, -0.2) is 45.7 Å². The van der Waals surface area contributed by atoms with Crippen LogP contribution in [-0.2, 0) is 4.74 Å².